The number of anilines is 3. The van der Waals surface area contributed by atoms with Gasteiger partial charge in [0.2, 0.25) is 0 Å². The predicted molar refractivity (Wildman–Crippen MR) is 293 cm³/mol. The van der Waals surface area contributed by atoms with Crippen molar-refractivity contribution >= 4 is 38.9 Å². The maximum Gasteiger partial charge on any atom is 0.0541 e. The number of hydrogen-bond donors (Lipinski definition) is 0. The van der Waals surface area contributed by atoms with Gasteiger partial charge in [0.05, 0.1) is 11.0 Å². The van der Waals surface area contributed by atoms with E-state index in [9.17, 15) is 0 Å². The highest BCUT2D eigenvalue weighted by molar-refractivity contribution is 6.12. The van der Waals surface area contributed by atoms with Gasteiger partial charge < -0.3 is 9.47 Å². The van der Waals surface area contributed by atoms with E-state index in [0.717, 1.165) is 23.5 Å². The molecular weight excluding hydrogens is 833 g/mol. The maximum absolute atomic E-state index is 2.48. The molecule has 0 saturated heterocycles. The van der Waals surface area contributed by atoms with Crippen LogP contribution < -0.4 is 4.90 Å². The van der Waals surface area contributed by atoms with Gasteiger partial charge in [-0.1, -0.05) is 191 Å². The average molecular weight is 887 g/mol. The third-order valence-corrected chi connectivity index (χ3v) is 14.9. The summed E-state index contributed by atoms with van der Waals surface area (Å²) >= 11 is 0. The monoisotopic (exact) mass is 886 g/mol. The fourth-order valence-corrected chi connectivity index (χ4v) is 10.8. The molecule has 0 radical (unpaired) electrons. The summed E-state index contributed by atoms with van der Waals surface area (Å²) < 4.78 is 2.48. The Morgan fingerprint density at radius 3 is 1.36 bits per heavy atom. The van der Waals surface area contributed by atoms with Gasteiger partial charge in [-0.25, -0.2) is 0 Å². The Hall–Kier alpha value is -8.20. The van der Waals surface area contributed by atoms with Crippen molar-refractivity contribution in [1.82, 2.24) is 4.57 Å². The molecule has 2 heteroatoms. The Labute approximate surface area is 406 Å². The molecule has 0 saturated carbocycles. The van der Waals surface area contributed by atoms with Crippen LogP contribution in [0.1, 0.15) is 56.7 Å². The highest BCUT2D eigenvalue weighted by Gasteiger charge is 2.35. The SMILES string of the molecule is CCC(C)c1ccc(-c2ccc(-c3ccc4c(c3)c3cc(-c5ccc(N(c6ccccc6)c6ccc(-c7ccccc7)cc6)cc5)ccc3n4-c3ccc4c(c3)C(C)(C)c3ccccc3-4)cc2)cc1. The molecule has 1 aromatic heterocycles. The molecule has 1 unspecified atom stereocenters. The molecule has 69 heavy (non-hydrogen) atoms. The molecule has 1 aliphatic carbocycles. The second kappa shape index (κ2) is 17.1. The lowest BCUT2D eigenvalue weighted by Gasteiger charge is -2.26. The predicted octanol–water partition coefficient (Wildman–Crippen LogP) is 18.7. The van der Waals surface area contributed by atoms with Crippen LogP contribution in [0.3, 0.4) is 0 Å². The second-order valence-electron chi connectivity index (χ2n) is 19.3. The molecule has 0 aliphatic heterocycles. The van der Waals surface area contributed by atoms with E-state index in [4.69, 9.17) is 0 Å². The summed E-state index contributed by atoms with van der Waals surface area (Å²) in [5.74, 6) is 0.566. The smallest absolute Gasteiger partial charge is 0.0541 e. The number of hydrogen-bond acceptors (Lipinski definition) is 1. The van der Waals surface area contributed by atoms with Gasteiger partial charge in [-0.3, -0.25) is 0 Å². The van der Waals surface area contributed by atoms with Crippen molar-refractivity contribution in [3.8, 4) is 61.3 Å². The van der Waals surface area contributed by atoms with E-state index < -0.39 is 0 Å². The number of rotatable bonds is 10. The van der Waals surface area contributed by atoms with E-state index in [2.05, 4.69) is 274 Å². The summed E-state index contributed by atoms with van der Waals surface area (Å²) in [5.41, 5.74) is 23.3. The fourth-order valence-electron chi connectivity index (χ4n) is 10.8. The van der Waals surface area contributed by atoms with Crippen molar-refractivity contribution in [3.05, 3.63) is 253 Å². The molecule has 12 rings (SSSR count). The van der Waals surface area contributed by atoms with Crippen molar-refractivity contribution in [2.75, 3.05) is 4.90 Å². The van der Waals surface area contributed by atoms with Crippen molar-refractivity contribution in [2.45, 2.75) is 45.4 Å². The van der Waals surface area contributed by atoms with Crippen LogP contribution in [0, 0.1) is 0 Å². The lowest BCUT2D eigenvalue weighted by atomic mass is 9.82. The third kappa shape index (κ3) is 7.45. The van der Waals surface area contributed by atoms with Gasteiger partial charge in [0.1, 0.15) is 0 Å². The minimum Gasteiger partial charge on any atom is -0.311 e. The largest absolute Gasteiger partial charge is 0.311 e. The summed E-state index contributed by atoms with van der Waals surface area (Å²) in [7, 11) is 0. The van der Waals surface area contributed by atoms with Crippen molar-refractivity contribution in [2.24, 2.45) is 0 Å². The van der Waals surface area contributed by atoms with E-state index in [0.29, 0.717) is 5.92 Å². The van der Waals surface area contributed by atoms with Crippen LogP contribution >= 0.6 is 0 Å². The highest BCUT2D eigenvalue weighted by Crippen LogP contribution is 2.50. The third-order valence-electron chi connectivity index (χ3n) is 14.9. The van der Waals surface area contributed by atoms with Gasteiger partial charge in [0.25, 0.3) is 0 Å². The van der Waals surface area contributed by atoms with E-state index in [1.165, 1.54) is 99.8 Å². The number of benzene rings is 10. The molecule has 1 atom stereocenters. The normalized spacial score (nSPS) is 13.0. The van der Waals surface area contributed by atoms with Crippen LogP contribution in [0.25, 0.3) is 83.1 Å². The zero-order valence-electron chi connectivity index (χ0n) is 39.7. The van der Waals surface area contributed by atoms with Crippen LogP contribution in [0.4, 0.5) is 17.1 Å². The molecule has 1 heterocycles. The molecule has 1 aliphatic rings. The van der Waals surface area contributed by atoms with Gasteiger partial charge in [-0.05, 0) is 157 Å². The van der Waals surface area contributed by atoms with Crippen LogP contribution in [-0.2, 0) is 5.41 Å². The summed E-state index contributed by atoms with van der Waals surface area (Å²) in [4.78, 5) is 2.34. The van der Waals surface area contributed by atoms with Gasteiger partial charge in [0, 0.05) is 38.9 Å². The van der Waals surface area contributed by atoms with Crippen molar-refractivity contribution in [3.63, 3.8) is 0 Å². The lowest BCUT2D eigenvalue weighted by Crippen LogP contribution is -2.15. The summed E-state index contributed by atoms with van der Waals surface area (Å²) in [6.07, 6.45) is 1.14. The molecule has 0 fully saturated rings. The van der Waals surface area contributed by atoms with Crippen LogP contribution in [0.2, 0.25) is 0 Å². The molecule has 2 nitrogen and oxygen atoms in total. The van der Waals surface area contributed by atoms with Crippen LogP contribution in [0.5, 0.6) is 0 Å². The maximum atomic E-state index is 2.48. The molecule has 0 spiro atoms. The number of para-hydroxylation sites is 1. The first-order valence-corrected chi connectivity index (χ1v) is 24.5. The summed E-state index contributed by atoms with van der Waals surface area (Å²) in [6, 6.07) is 87.5. The molecule has 0 bridgehead atoms. The number of aromatic nitrogens is 1. The molecular formula is C67H54N2. The summed E-state index contributed by atoms with van der Waals surface area (Å²) in [6.45, 7) is 9.29. The van der Waals surface area contributed by atoms with Crippen molar-refractivity contribution in [1.29, 1.82) is 0 Å². The molecule has 0 amide bonds. The van der Waals surface area contributed by atoms with Gasteiger partial charge in [0.15, 0.2) is 0 Å². The summed E-state index contributed by atoms with van der Waals surface area (Å²) in [5, 5.41) is 2.47. The molecule has 11 aromatic rings. The first kappa shape index (κ1) is 42.2. The first-order valence-electron chi connectivity index (χ1n) is 24.5. The van der Waals surface area contributed by atoms with Gasteiger partial charge in [-0.2, -0.15) is 0 Å². The Kier molecular flexibility index (Phi) is 10.5. The zero-order chi connectivity index (χ0) is 46.6. The van der Waals surface area contributed by atoms with Crippen LogP contribution in [0.15, 0.2) is 237 Å². The quantitative estimate of drug-likeness (QED) is 0.133. The molecule has 10 aromatic carbocycles. The Bertz CT molecular complexity index is 3640. The number of fused-ring (bicyclic) bond motifs is 6. The molecule has 332 valence electrons. The number of nitrogens with zero attached hydrogens (tertiary/aromatic N) is 2. The highest BCUT2D eigenvalue weighted by atomic mass is 15.1. The van der Waals surface area contributed by atoms with Gasteiger partial charge in [-0.15, -0.1) is 0 Å². The van der Waals surface area contributed by atoms with E-state index in [1.807, 2.05) is 0 Å². The molecule has 0 N–H and O–H groups in total. The topological polar surface area (TPSA) is 8.17 Å². The Morgan fingerprint density at radius 1 is 0.391 bits per heavy atom. The van der Waals surface area contributed by atoms with E-state index >= 15 is 0 Å². The van der Waals surface area contributed by atoms with Gasteiger partial charge >= 0.3 is 0 Å². The zero-order valence-corrected chi connectivity index (χ0v) is 39.7. The van der Waals surface area contributed by atoms with Crippen molar-refractivity contribution < 1.29 is 0 Å². The fraction of sp³-hybridized carbons (Fsp3) is 0.104. The average Bonchev–Trinajstić information content (AvgIpc) is 3.86. The minimum absolute atomic E-state index is 0.100. The minimum atomic E-state index is -0.100. The Morgan fingerprint density at radius 2 is 0.812 bits per heavy atom. The standard InChI is InChI=1S/C67H54N2/c1-5-45(2)46-20-22-48(23-21-46)49-24-26-51(27-25-49)53-32-40-65-61(42-53)62-43-54(33-41-66(62)69(65)58-38-39-60-59-18-12-13-19-63(59)67(3,4)64(60)44-58)52-30-36-57(37-31-52)68(55-16-10-7-11-17-55)56-34-28-50(29-35-56)47-14-8-6-9-15-47/h6-45H,5H2,1-4H3. The van der Waals surface area contributed by atoms with Crippen LogP contribution in [-0.4, -0.2) is 4.57 Å². The lowest BCUT2D eigenvalue weighted by molar-refractivity contribution is 0.660. The second-order valence-corrected chi connectivity index (χ2v) is 19.3. The van der Waals surface area contributed by atoms with E-state index in [-0.39, 0.29) is 5.41 Å². The Balaban J connectivity index is 0.944. The van der Waals surface area contributed by atoms with E-state index in [1.54, 1.807) is 0 Å². The first-order chi connectivity index (χ1) is 33.8.